The third-order valence-electron chi connectivity index (χ3n) is 8.34. The van der Waals surface area contributed by atoms with E-state index in [1.807, 2.05) is 6.07 Å². The number of nitrogens with zero attached hydrogens (tertiary/aromatic N) is 3. The molecule has 0 spiro atoms. The summed E-state index contributed by atoms with van der Waals surface area (Å²) >= 11 is 1.69. The van der Waals surface area contributed by atoms with Crippen molar-refractivity contribution in [2.45, 2.75) is 82.2 Å². The molecule has 0 bridgehead atoms. The van der Waals surface area contributed by atoms with Gasteiger partial charge in [0.15, 0.2) is 0 Å². The fourth-order valence-electron chi connectivity index (χ4n) is 6.30. The van der Waals surface area contributed by atoms with Crippen LogP contribution in [0.5, 0.6) is 0 Å². The van der Waals surface area contributed by atoms with Crippen molar-refractivity contribution < 1.29 is 18.0 Å². The normalized spacial score (nSPS) is 20.5. The van der Waals surface area contributed by atoms with Crippen LogP contribution in [0.3, 0.4) is 0 Å². The van der Waals surface area contributed by atoms with E-state index in [1.165, 1.54) is 9.18 Å². The number of hydrogen-bond acceptors (Lipinski definition) is 5. The van der Waals surface area contributed by atoms with Gasteiger partial charge in [-0.2, -0.15) is 4.31 Å². The summed E-state index contributed by atoms with van der Waals surface area (Å²) in [4.78, 5) is 31.1. The van der Waals surface area contributed by atoms with E-state index < -0.39 is 10.0 Å². The summed E-state index contributed by atoms with van der Waals surface area (Å²) in [5.41, 5.74) is 1.72. The molecule has 1 atom stereocenters. The Kier molecular flexibility index (Phi) is 7.75. The third kappa shape index (κ3) is 5.22. The van der Waals surface area contributed by atoms with Crippen molar-refractivity contribution in [2.75, 3.05) is 24.5 Å². The maximum atomic E-state index is 13.8. The van der Waals surface area contributed by atoms with Crippen molar-refractivity contribution in [3.05, 3.63) is 46.2 Å². The van der Waals surface area contributed by atoms with Gasteiger partial charge in [-0.15, -0.1) is 11.3 Å². The number of thiophene rings is 1. The summed E-state index contributed by atoms with van der Waals surface area (Å²) in [6.45, 7) is 5.03. The van der Waals surface area contributed by atoms with Crippen LogP contribution in [-0.4, -0.2) is 55.1 Å². The quantitative estimate of drug-likeness (QED) is 0.515. The van der Waals surface area contributed by atoms with Crippen molar-refractivity contribution in [1.82, 2.24) is 9.21 Å². The van der Waals surface area contributed by atoms with Crippen LogP contribution in [0.1, 0.15) is 75.3 Å². The molecule has 1 aromatic heterocycles. The number of fused-ring (bicyclic) bond motifs is 1. The predicted molar refractivity (Wildman–Crippen MR) is 146 cm³/mol. The van der Waals surface area contributed by atoms with E-state index >= 15 is 0 Å². The van der Waals surface area contributed by atoms with Crippen molar-refractivity contribution in [3.8, 4) is 0 Å². The Morgan fingerprint density at radius 1 is 1.03 bits per heavy atom. The molecule has 0 radical (unpaired) electrons. The van der Waals surface area contributed by atoms with Crippen molar-refractivity contribution in [3.63, 3.8) is 0 Å². The summed E-state index contributed by atoms with van der Waals surface area (Å²) in [6.07, 6.45) is 7.09. The van der Waals surface area contributed by atoms with Crippen LogP contribution in [0.4, 0.5) is 5.69 Å². The number of carbonyl (C=O) groups excluding carboxylic acids is 2. The van der Waals surface area contributed by atoms with Crippen molar-refractivity contribution >= 4 is 38.9 Å². The van der Waals surface area contributed by atoms with Crippen LogP contribution in [0, 0.1) is 5.92 Å². The molecular weight excluding hydrogens is 506 g/mol. The molecule has 3 heterocycles. The molecule has 5 rings (SSSR count). The predicted octanol–water partition coefficient (Wildman–Crippen LogP) is 4.98. The first-order chi connectivity index (χ1) is 17.8. The molecule has 1 aliphatic carbocycles. The number of piperidine rings is 1. The molecule has 2 aliphatic heterocycles. The van der Waals surface area contributed by atoms with E-state index in [0.717, 1.165) is 49.8 Å². The fourth-order valence-corrected chi connectivity index (χ4v) is 8.60. The van der Waals surface area contributed by atoms with E-state index in [-0.39, 0.29) is 34.7 Å². The van der Waals surface area contributed by atoms with Gasteiger partial charge in [0.1, 0.15) is 0 Å². The van der Waals surface area contributed by atoms with Gasteiger partial charge in [0.2, 0.25) is 21.8 Å². The summed E-state index contributed by atoms with van der Waals surface area (Å²) < 4.78 is 28.6. The van der Waals surface area contributed by atoms with E-state index in [2.05, 4.69) is 23.3 Å². The molecule has 1 saturated heterocycles. The molecule has 2 amide bonds. The number of aryl methyl sites for hydroxylation is 1. The third-order valence-corrected chi connectivity index (χ3v) is 11.3. The average molecular weight is 544 g/mol. The van der Waals surface area contributed by atoms with Crippen LogP contribution < -0.4 is 4.90 Å². The van der Waals surface area contributed by atoms with Gasteiger partial charge >= 0.3 is 0 Å². The number of amides is 2. The number of benzene rings is 1. The lowest BCUT2D eigenvalue weighted by Gasteiger charge is -2.39. The number of carbonyl (C=O) groups is 2. The Labute approximate surface area is 224 Å². The number of anilines is 1. The minimum atomic E-state index is -3.66. The standard InChI is InChI=1S/C28H37N3O4S2/c1-20(27-10-6-18-36-27)31(24-8-3-4-9-24)28(33)22-13-16-29(17-14-22)37(34,35)25-11-12-26-23(19-25)7-5-15-30(26)21(2)32/h6,10-12,18-20,22,24H,3-5,7-9,13-17H2,1-2H3/t20-/m0/s1. The lowest BCUT2D eigenvalue weighted by molar-refractivity contribution is -0.141. The van der Waals surface area contributed by atoms with E-state index in [4.69, 9.17) is 0 Å². The first-order valence-corrected chi connectivity index (χ1v) is 15.9. The van der Waals surface area contributed by atoms with Gasteiger partial charge in [0.05, 0.1) is 10.9 Å². The van der Waals surface area contributed by atoms with Gasteiger partial charge in [-0.05, 0) is 80.7 Å². The largest absolute Gasteiger partial charge is 0.332 e. The molecular formula is C28H37N3O4S2. The molecule has 2 aromatic rings. The van der Waals surface area contributed by atoms with Gasteiger partial charge in [0.25, 0.3) is 0 Å². The molecule has 1 aromatic carbocycles. The zero-order valence-corrected chi connectivity index (χ0v) is 23.4. The summed E-state index contributed by atoms with van der Waals surface area (Å²) in [6, 6.07) is 9.59. The second-order valence-corrected chi connectivity index (χ2v) is 13.5. The SMILES string of the molecule is CC(=O)N1CCCc2cc(S(=O)(=O)N3CCC(C(=O)N(C4CCCC4)[C@@H](C)c4cccs4)CC3)ccc21. The fraction of sp³-hybridized carbons (Fsp3) is 0.571. The molecule has 3 aliphatic rings. The highest BCUT2D eigenvalue weighted by Crippen LogP contribution is 2.36. The van der Waals surface area contributed by atoms with Crippen LogP contribution in [0.25, 0.3) is 0 Å². The van der Waals surface area contributed by atoms with Gasteiger partial charge in [0, 0.05) is 49.1 Å². The maximum Gasteiger partial charge on any atom is 0.243 e. The number of sulfonamides is 1. The summed E-state index contributed by atoms with van der Waals surface area (Å²) in [5, 5.41) is 2.06. The summed E-state index contributed by atoms with van der Waals surface area (Å²) in [5.74, 6) is 0.00779. The average Bonchev–Trinajstić information content (AvgIpc) is 3.63. The Hall–Kier alpha value is -2.23. The molecule has 200 valence electrons. The highest BCUT2D eigenvalue weighted by Gasteiger charge is 2.38. The molecule has 1 saturated carbocycles. The van der Waals surface area contributed by atoms with Gasteiger partial charge < -0.3 is 9.80 Å². The minimum absolute atomic E-state index is 0.0247. The lowest BCUT2D eigenvalue weighted by Crippen LogP contribution is -2.47. The second kappa shape index (κ2) is 10.9. The summed E-state index contributed by atoms with van der Waals surface area (Å²) in [7, 11) is -3.66. The Morgan fingerprint density at radius 2 is 1.76 bits per heavy atom. The van der Waals surface area contributed by atoms with E-state index in [1.54, 1.807) is 41.4 Å². The smallest absolute Gasteiger partial charge is 0.243 e. The van der Waals surface area contributed by atoms with Gasteiger partial charge in [-0.25, -0.2) is 8.42 Å². The molecule has 0 unspecified atom stereocenters. The molecule has 2 fully saturated rings. The van der Waals surface area contributed by atoms with E-state index in [9.17, 15) is 18.0 Å². The monoisotopic (exact) mass is 543 g/mol. The lowest BCUT2D eigenvalue weighted by atomic mass is 9.94. The Bertz CT molecular complexity index is 1230. The van der Waals surface area contributed by atoms with Crippen LogP contribution in [0.2, 0.25) is 0 Å². The minimum Gasteiger partial charge on any atom is -0.332 e. The highest BCUT2D eigenvalue weighted by molar-refractivity contribution is 7.89. The molecule has 9 heteroatoms. The second-order valence-electron chi connectivity index (χ2n) is 10.6. The highest BCUT2D eigenvalue weighted by atomic mass is 32.2. The van der Waals surface area contributed by atoms with Crippen molar-refractivity contribution in [2.24, 2.45) is 5.92 Å². The molecule has 0 N–H and O–H groups in total. The van der Waals surface area contributed by atoms with Crippen LogP contribution in [-0.2, 0) is 26.0 Å². The van der Waals surface area contributed by atoms with Crippen molar-refractivity contribution in [1.29, 1.82) is 0 Å². The zero-order valence-electron chi connectivity index (χ0n) is 21.8. The number of rotatable bonds is 6. The van der Waals surface area contributed by atoms with Gasteiger partial charge in [-0.1, -0.05) is 18.9 Å². The van der Waals surface area contributed by atoms with Crippen LogP contribution in [0.15, 0.2) is 40.6 Å². The number of hydrogen-bond donors (Lipinski definition) is 0. The van der Waals surface area contributed by atoms with Gasteiger partial charge in [-0.3, -0.25) is 9.59 Å². The maximum absolute atomic E-state index is 13.8. The molecule has 37 heavy (non-hydrogen) atoms. The van der Waals surface area contributed by atoms with Crippen LogP contribution >= 0.6 is 11.3 Å². The Morgan fingerprint density at radius 3 is 2.41 bits per heavy atom. The first-order valence-electron chi connectivity index (χ1n) is 13.5. The topological polar surface area (TPSA) is 78.0 Å². The molecule has 7 nitrogen and oxygen atoms in total. The Balaban J connectivity index is 1.29. The first kappa shape index (κ1) is 26.4. The van der Waals surface area contributed by atoms with E-state index in [0.29, 0.717) is 32.5 Å². The zero-order chi connectivity index (χ0) is 26.2.